The summed E-state index contributed by atoms with van der Waals surface area (Å²) in [5, 5.41) is 8.23. The first-order valence-electron chi connectivity index (χ1n) is 8.63. The number of aromatic nitrogens is 3. The highest BCUT2D eigenvalue weighted by molar-refractivity contribution is 7.99. The van der Waals surface area contributed by atoms with Crippen molar-refractivity contribution >= 4 is 11.8 Å². The van der Waals surface area contributed by atoms with Crippen LogP contribution in [0.3, 0.4) is 0 Å². The van der Waals surface area contributed by atoms with Crippen LogP contribution in [0, 0.1) is 13.8 Å². The third-order valence-corrected chi connectivity index (χ3v) is 5.44. The first kappa shape index (κ1) is 16.4. The van der Waals surface area contributed by atoms with E-state index in [1.807, 2.05) is 6.92 Å². The summed E-state index contributed by atoms with van der Waals surface area (Å²) < 4.78 is 6.04. The van der Waals surface area contributed by atoms with E-state index in [4.69, 9.17) is 4.42 Å². The molecule has 5 nitrogen and oxygen atoms in total. The minimum atomic E-state index is 0.281. The highest BCUT2D eigenvalue weighted by Gasteiger charge is 2.29. The number of H-pyrrole nitrogens is 1. The van der Waals surface area contributed by atoms with Crippen LogP contribution in [0.2, 0.25) is 0 Å². The minimum Gasteiger partial charge on any atom is -0.453 e. The molecule has 1 fully saturated rings. The molecule has 0 spiro atoms. The molecule has 1 aromatic carbocycles. The molecular formula is C19H22N4OS. The standard InChI is InChI=1S/C19H22N4OS/c1-13-5-8-16(9-6-13)25-18-10-7-15(24-18)12-23-11-3-4-17(23)19-20-14(2)21-22-19/h5-10,17H,3-4,11-12H2,1-2H3,(H,20,21,22)/t17-/m0/s1. The van der Waals surface area contributed by atoms with Gasteiger partial charge in [0.15, 0.2) is 10.9 Å². The SMILES string of the molecule is Cc1ccc(Sc2ccc(CN3CCC[C@H]3c3n[nH]c(C)n3)o2)cc1. The zero-order valence-corrected chi connectivity index (χ0v) is 15.3. The Morgan fingerprint density at radius 1 is 1.20 bits per heavy atom. The van der Waals surface area contributed by atoms with Crippen LogP contribution in [0.25, 0.3) is 0 Å². The fourth-order valence-electron chi connectivity index (χ4n) is 3.24. The number of aryl methyl sites for hydroxylation is 2. The lowest BCUT2D eigenvalue weighted by Gasteiger charge is -2.20. The van der Waals surface area contributed by atoms with Gasteiger partial charge in [0.2, 0.25) is 0 Å². The van der Waals surface area contributed by atoms with Crippen LogP contribution < -0.4 is 0 Å². The Hall–Kier alpha value is -2.05. The van der Waals surface area contributed by atoms with Gasteiger partial charge in [-0.2, -0.15) is 5.10 Å². The quantitative estimate of drug-likeness (QED) is 0.731. The molecule has 3 aromatic rings. The summed E-state index contributed by atoms with van der Waals surface area (Å²) in [6, 6.07) is 12.9. The number of hydrogen-bond acceptors (Lipinski definition) is 5. The molecule has 1 aliphatic rings. The third-order valence-electron chi connectivity index (χ3n) is 4.51. The molecule has 0 aliphatic carbocycles. The highest BCUT2D eigenvalue weighted by Crippen LogP contribution is 2.33. The lowest BCUT2D eigenvalue weighted by atomic mass is 10.2. The van der Waals surface area contributed by atoms with E-state index in [2.05, 4.69) is 63.4 Å². The first-order chi connectivity index (χ1) is 12.2. The molecule has 0 saturated carbocycles. The van der Waals surface area contributed by atoms with Crippen molar-refractivity contribution in [1.29, 1.82) is 0 Å². The summed E-state index contributed by atoms with van der Waals surface area (Å²) in [5.41, 5.74) is 1.27. The summed E-state index contributed by atoms with van der Waals surface area (Å²) in [5.74, 6) is 2.77. The van der Waals surface area contributed by atoms with Crippen molar-refractivity contribution in [3.05, 3.63) is 59.4 Å². The molecule has 1 atom stereocenters. The maximum Gasteiger partial charge on any atom is 0.167 e. The number of hydrogen-bond donors (Lipinski definition) is 1. The molecule has 4 rings (SSSR count). The normalized spacial score (nSPS) is 18.1. The van der Waals surface area contributed by atoms with E-state index in [-0.39, 0.29) is 6.04 Å². The minimum absolute atomic E-state index is 0.281. The number of benzene rings is 1. The summed E-state index contributed by atoms with van der Waals surface area (Å²) in [6.45, 7) is 5.89. The molecule has 1 N–H and O–H groups in total. The van der Waals surface area contributed by atoms with Gasteiger partial charge in [-0.3, -0.25) is 10.00 Å². The molecule has 0 amide bonds. The number of nitrogens with one attached hydrogen (secondary N) is 1. The maximum atomic E-state index is 6.04. The van der Waals surface area contributed by atoms with Crippen LogP contribution in [0.4, 0.5) is 0 Å². The van der Waals surface area contributed by atoms with Gasteiger partial charge >= 0.3 is 0 Å². The Labute approximate surface area is 151 Å². The lowest BCUT2D eigenvalue weighted by Crippen LogP contribution is -2.23. The summed E-state index contributed by atoms with van der Waals surface area (Å²) >= 11 is 1.66. The van der Waals surface area contributed by atoms with Gasteiger partial charge in [0.05, 0.1) is 12.6 Å². The van der Waals surface area contributed by atoms with Gasteiger partial charge in [0.1, 0.15) is 11.6 Å². The molecule has 6 heteroatoms. The predicted molar refractivity (Wildman–Crippen MR) is 97.5 cm³/mol. The van der Waals surface area contributed by atoms with Gasteiger partial charge in [0.25, 0.3) is 0 Å². The van der Waals surface area contributed by atoms with Gasteiger partial charge in [0, 0.05) is 4.90 Å². The second-order valence-corrected chi connectivity index (χ2v) is 7.62. The average molecular weight is 354 g/mol. The Bertz CT molecular complexity index is 839. The van der Waals surface area contributed by atoms with Crippen molar-refractivity contribution in [2.75, 3.05) is 6.54 Å². The second-order valence-electron chi connectivity index (χ2n) is 6.54. The average Bonchev–Trinajstić information content (AvgIpc) is 3.32. The van der Waals surface area contributed by atoms with Crippen LogP contribution in [0.15, 0.2) is 50.8 Å². The van der Waals surface area contributed by atoms with Crippen LogP contribution in [0.1, 0.15) is 41.9 Å². The van der Waals surface area contributed by atoms with Crippen molar-refractivity contribution in [2.24, 2.45) is 0 Å². The van der Waals surface area contributed by atoms with E-state index < -0.39 is 0 Å². The smallest absolute Gasteiger partial charge is 0.167 e. The lowest BCUT2D eigenvalue weighted by molar-refractivity contribution is 0.215. The van der Waals surface area contributed by atoms with E-state index >= 15 is 0 Å². The molecule has 0 bridgehead atoms. The predicted octanol–water partition coefficient (Wildman–Crippen LogP) is 4.50. The van der Waals surface area contributed by atoms with Crippen LogP contribution in [0.5, 0.6) is 0 Å². The molecule has 0 unspecified atom stereocenters. The van der Waals surface area contributed by atoms with Crippen molar-refractivity contribution in [2.45, 2.75) is 49.3 Å². The second kappa shape index (κ2) is 7.06. The molecule has 2 aromatic heterocycles. The molecule has 25 heavy (non-hydrogen) atoms. The number of aromatic amines is 1. The Balaban J connectivity index is 1.42. The Kier molecular flexibility index (Phi) is 4.63. The van der Waals surface area contributed by atoms with Gasteiger partial charge in [-0.1, -0.05) is 29.5 Å². The van der Waals surface area contributed by atoms with E-state index in [1.54, 1.807) is 11.8 Å². The fraction of sp³-hybridized carbons (Fsp3) is 0.368. The van der Waals surface area contributed by atoms with Crippen molar-refractivity contribution in [1.82, 2.24) is 20.1 Å². The number of rotatable bonds is 5. The number of nitrogens with zero attached hydrogens (tertiary/aromatic N) is 3. The topological polar surface area (TPSA) is 58.0 Å². The van der Waals surface area contributed by atoms with E-state index in [0.717, 1.165) is 42.0 Å². The van der Waals surface area contributed by atoms with Crippen LogP contribution in [-0.4, -0.2) is 26.6 Å². The van der Waals surface area contributed by atoms with Gasteiger partial charge < -0.3 is 4.42 Å². The summed E-state index contributed by atoms with van der Waals surface area (Å²) in [4.78, 5) is 8.11. The van der Waals surface area contributed by atoms with E-state index in [0.29, 0.717) is 0 Å². The maximum absolute atomic E-state index is 6.04. The van der Waals surface area contributed by atoms with Crippen LogP contribution >= 0.6 is 11.8 Å². The Morgan fingerprint density at radius 3 is 2.80 bits per heavy atom. The van der Waals surface area contributed by atoms with Gasteiger partial charge in [-0.05, 0) is 57.5 Å². The van der Waals surface area contributed by atoms with Gasteiger partial charge in [-0.25, -0.2) is 4.98 Å². The van der Waals surface area contributed by atoms with Crippen LogP contribution in [-0.2, 0) is 6.54 Å². The number of likely N-dealkylation sites (tertiary alicyclic amines) is 1. The summed E-state index contributed by atoms with van der Waals surface area (Å²) in [7, 11) is 0. The number of furan rings is 1. The molecule has 3 heterocycles. The Morgan fingerprint density at radius 2 is 2.04 bits per heavy atom. The molecule has 1 saturated heterocycles. The summed E-state index contributed by atoms with van der Waals surface area (Å²) in [6.07, 6.45) is 2.27. The first-order valence-corrected chi connectivity index (χ1v) is 9.45. The van der Waals surface area contributed by atoms with E-state index in [9.17, 15) is 0 Å². The van der Waals surface area contributed by atoms with Gasteiger partial charge in [-0.15, -0.1) is 0 Å². The molecular weight excluding hydrogens is 332 g/mol. The molecule has 0 radical (unpaired) electrons. The van der Waals surface area contributed by atoms with E-state index in [1.165, 1.54) is 16.9 Å². The highest BCUT2D eigenvalue weighted by atomic mass is 32.2. The molecule has 1 aliphatic heterocycles. The zero-order valence-electron chi connectivity index (χ0n) is 14.5. The fourth-order valence-corrected chi connectivity index (χ4v) is 4.03. The monoisotopic (exact) mass is 354 g/mol. The third kappa shape index (κ3) is 3.80. The van der Waals surface area contributed by atoms with Crippen molar-refractivity contribution in [3.63, 3.8) is 0 Å². The van der Waals surface area contributed by atoms with Crippen molar-refractivity contribution < 1.29 is 4.42 Å². The van der Waals surface area contributed by atoms with Crippen molar-refractivity contribution in [3.8, 4) is 0 Å². The largest absolute Gasteiger partial charge is 0.453 e. The molecule has 130 valence electrons. The zero-order chi connectivity index (χ0) is 17.2.